The first-order valence-corrected chi connectivity index (χ1v) is 10.4. The summed E-state index contributed by atoms with van der Waals surface area (Å²) in [7, 11) is 0. The molecule has 0 saturated heterocycles. The van der Waals surface area contributed by atoms with Crippen molar-refractivity contribution in [3.05, 3.63) is 51.1 Å². The van der Waals surface area contributed by atoms with Crippen LogP contribution in [0.2, 0.25) is 5.02 Å². The quantitative estimate of drug-likeness (QED) is 0.493. The van der Waals surface area contributed by atoms with Crippen LogP contribution in [0.4, 0.5) is 0 Å². The van der Waals surface area contributed by atoms with Crippen molar-refractivity contribution in [2.45, 2.75) is 31.5 Å². The third-order valence-electron chi connectivity index (χ3n) is 3.89. The number of hydrogen-bond acceptors (Lipinski definition) is 5. The van der Waals surface area contributed by atoms with Crippen molar-refractivity contribution in [2.24, 2.45) is 0 Å². The van der Waals surface area contributed by atoms with Crippen LogP contribution in [0.15, 0.2) is 45.7 Å². The zero-order valence-electron chi connectivity index (χ0n) is 14.4. The number of fused-ring (bicyclic) bond motifs is 1. The largest absolute Gasteiger partial charge is 0.353 e. The minimum absolute atomic E-state index is 0.0882. The van der Waals surface area contributed by atoms with Crippen molar-refractivity contribution < 1.29 is 4.79 Å². The molecule has 26 heavy (non-hydrogen) atoms. The van der Waals surface area contributed by atoms with Gasteiger partial charge in [0.2, 0.25) is 5.91 Å². The third kappa shape index (κ3) is 3.95. The topological polar surface area (TPSA) is 64.0 Å². The maximum absolute atomic E-state index is 13.0. The molecule has 2 aromatic heterocycles. The number of para-hydroxylation sites is 1. The first-order chi connectivity index (χ1) is 12.5. The highest BCUT2D eigenvalue weighted by Crippen LogP contribution is 2.26. The smallest absolute Gasteiger partial charge is 0.276 e. The fourth-order valence-corrected chi connectivity index (χ4v) is 4.18. The van der Waals surface area contributed by atoms with Gasteiger partial charge in [-0.15, -0.1) is 11.3 Å². The van der Waals surface area contributed by atoms with E-state index in [-0.39, 0.29) is 23.3 Å². The molecule has 0 aliphatic rings. The van der Waals surface area contributed by atoms with E-state index in [1.54, 1.807) is 18.2 Å². The maximum atomic E-state index is 13.0. The molecule has 0 aliphatic heterocycles. The van der Waals surface area contributed by atoms with Gasteiger partial charge in [-0.05, 0) is 36.9 Å². The van der Waals surface area contributed by atoms with E-state index in [1.807, 2.05) is 31.4 Å². The third-order valence-corrected chi connectivity index (χ3v) is 6.04. The molecule has 1 aromatic carbocycles. The summed E-state index contributed by atoms with van der Waals surface area (Å²) in [6.07, 6.45) is 0.861. The number of rotatable bonds is 6. The fraction of sp³-hybridized carbons (Fsp3) is 0.278. The van der Waals surface area contributed by atoms with Crippen LogP contribution in [0.25, 0.3) is 15.9 Å². The Morgan fingerprint density at radius 1 is 1.38 bits per heavy atom. The lowest BCUT2D eigenvalue weighted by molar-refractivity contribution is -0.119. The Hall–Kier alpha value is -1.83. The van der Waals surface area contributed by atoms with Crippen LogP contribution in [-0.4, -0.2) is 27.3 Å². The van der Waals surface area contributed by atoms with E-state index in [0.29, 0.717) is 26.1 Å². The molecule has 5 nitrogen and oxygen atoms in total. The Bertz CT molecular complexity index is 1000. The van der Waals surface area contributed by atoms with Gasteiger partial charge in [0, 0.05) is 6.04 Å². The van der Waals surface area contributed by atoms with Gasteiger partial charge >= 0.3 is 0 Å². The molecule has 136 valence electrons. The standard InChI is InChI=1S/C18H18ClN3O2S2/c1-3-11(2)20-15(23)10-26-18-21-13-8-9-25-16(13)17(24)22(18)14-7-5-4-6-12(14)19/h4-9,11H,3,10H2,1-2H3,(H,20,23)/t11-/m1/s1. The van der Waals surface area contributed by atoms with Crippen molar-refractivity contribution in [3.8, 4) is 5.69 Å². The molecule has 0 saturated carbocycles. The summed E-state index contributed by atoms with van der Waals surface area (Å²) in [5.74, 6) is 0.0892. The van der Waals surface area contributed by atoms with Crippen molar-refractivity contribution in [1.29, 1.82) is 0 Å². The van der Waals surface area contributed by atoms with Crippen LogP contribution in [0.1, 0.15) is 20.3 Å². The summed E-state index contributed by atoms with van der Waals surface area (Å²) in [6.45, 7) is 3.97. The molecule has 2 heterocycles. The molecule has 1 amide bonds. The molecular weight excluding hydrogens is 390 g/mol. The number of hydrogen-bond donors (Lipinski definition) is 1. The minimum atomic E-state index is -0.178. The van der Waals surface area contributed by atoms with Gasteiger partial charge in [0.15, 0.2) is 5.16 Å². The van der Waals surface area contributed by atoms with E-state index in [2.05, 4.69) is 10.3 Å². The highest BCUT2D eigenvalue weighted by molar-refractivity contribution is 7.99. The molecule has 0 unspecified atom stereocenters. The molecular formula is C18H18ClN3O2S2. The van der Waals surface area contributed by atoms with Gasteiger partial charge in [0.1, 0.15) is 4.70 Å². The predicted octanol–water partition coefficient (Wildman–Crippen LogP) is 4.11. The highest BCUT2D eigenvalue weighted by atomic mass is 35.5. The summed E-state index contributed by atoms with van der Waals surface area (Å²) in [6, 6.07) is 9.04. The number of thioether (sulfide) groups is 1. The van der Waals surface area contributed by atoms with Crippen LogP contribution >= 0.6 is 34.7 Å². The fourth-order valence-electron chi connectivity index (χ4n) is 2.38. The lowest BCUT2D eigenvalue weighted by Crippen LogP contribution is -2.33. The Morgan fingerprint density at radius 2 is 2.15 bits per heavy atom. The van der Waals surface area contributed by atoms with Crippen LogP contribution < -0.4 is 10.9 Å². The number of benzene rings is 1. The molecule has 1 N–H and O–H groups in total. The molecule has 0 aliphatic carbocycles. The van der Waals surface area contributed by atoms with Crippen molar-refractivity contribution in [1.82, 2.24) is 14.9 Å². The molecule has 0 fully saturated rings. The van der Waals surface area contributed by atoms with Crippen LogP contribution in [-0.2, 0) is 4.79 Å². The van der Waals surface area contributed by atoms with Gasteiger partial charge in [-0.3, -0.25) is 14.2 Å². The second kappa shape index (κ2) is 8.24. The molecule has 1 atom stereocenters. The van der Waals surface area contributed by atoms with E-state index in [1.165, 1.54) is 27.7 Å². The van der Waals surface area contributed by atoms with Crippen molar-refractivity contribution in [3.63, 3.8) is 0 Å². The van der Waals surface area contributed by atoms with Gasteiger partial charge in [-0.2, -0.15) is 0 Å². The average Bonchev–Trinajstić information content (AvgIpc) is 3.10. The monoisotopic (exact) mass is 407 g/mol. The van der Waals surface area contributed by atoms with Crippen LogP contribution in [0.5, 0.6) is 0 Å². The van der Waals surface area contributed by atoms with Crippen molar-refractivity contribution >= 4 is 50.8 Å². The normalized spacial score (nSPS) is 12.3. The van der Waals surface area contributed by atoms with Gasteiger partial charge in [0.25, 0.3) is 5.56 Å². The van der Waals surface area contributed by atoms with Gasteiger partial charge in [0.05, 0.1) is 22.0 Å². The van der Waals surface area contributed by atoms with Gasteiger partial charge in [-0.25, -0.2) is 4.98 Å². The minimum Gasteiger partial charge on any atom is -0.353 e. The molecule has 8 heteroatoms. The Balaban J connectivity index is 2.01. The summed E-state index contributed by atoms with van der Waals surface area (Å²) >= 11 is 8.88. The number of carbonyl (C=O) groups excluding carboxylic acids is 1. The first kappa shape index (κ1) is 18.9. The Morgan fingerprint density at radius 3 is 2.88 bits per heavy atom. The summed E-state index contributed by atoms with van der Waals surface area (Å²) < 4.78 is 2.06. The number of carbonyl (C=O) groups is 1. The maximum Gasteiger partial charge on any atom is 0.276 e. The zero-order valence-corrected chi connectivity index (χ0v) is 16.7. The summed E-state index contributed by atoms with van der Waals surface area (Å²) in [5.41, 5.74) is 1.02. The van der Waals surface area contributed by atoms with Gasteiger partial charge in [-0.1, -0.05) is 42.4 Å². The van der Waals surface area contributed by atoms with Crippen LogP contribution in [0, 0.1) is 0 Å². The zero-order chi connectivity index (χ0) is 18.7. The molecule has 3 rings (SSSR count). The molecule has 0 radical (unpaired) electrons. The SMILES string of the molecule is CC[C@@H](C)NC(=O)CSc1nc2ccsc2c(=O)n1-c1ccccc1Cl. The van der Waals surface area contributed by atoms with E-state index in [4.69, 9.17) is 11.6 Å². The Kier molecular flexibility index (Phi) is 6.01. The Labute approximate surface area is 164 Å². The summed E-state index contributed by atoms with van der Waals surface area (Å²) in [4.78, 5) is 29.7. The second-order valence-corrected chi connectivity index (χ2v) is 8.05. The van der Waals surface area contributed by atoms with Gasteiger partial charge < -0.3 is 5.32 Å². The molecule has 0 bridgehead atoms. The number of nitrogens with zero attached hydrogens (tertiary/aromatic N) is 2. The lowest BCUT2D eigenvalue weighted by Gasteiger charge is -2.14. The second-order valence-electron chi connectivity index (χ2n) is 5.79. The van der Waals surface area contributed by atoms with E-state index >= 15 is 0 Å². The lowest BCUT2D eigenvalue weighted by atomic mass is 10.3. The van der Waals surface area contributed by atoms with E-state index in [9.17, 15) is 9.59 Å². The molecule has 3 aromatic rings. The van der Waals surface area contributed by atoms with E-state index < -0.39 is 0 Å². The number of halogens is 1. The number of nitrogens with one attached hydrogen (secondary N) is 1. The first-order valence-electron chi connectivity index (χ1n) is 8.18. The molecule has 0 spiro atoms. The van der Waals surface area contributed by atoms with E-state index in [0.717, 1.165) is 6.42 Å². The average molecular weight is 408 g/mol. The van der Waals surface area contributed by atoms with Crippen molar-refractivity contribution in [2.75, 3.05) is 5.75 Å². The predicted molar refractivity (Wildman–Crippen MR) is 109 cm³/mol. The number of aromatic nitrogens is 2. The van der Waals surface area contributed by atoms with Crippen LogP contribution in [0.3, 0.4) is 0 Å². The number of amides is 1. The number of thiophene rings is 1. The highest BCUT2D eigenvalue weighted by Gasteiger charge is 2.17. The summed E-state index contributed by atoms with van der Waals surface area (Å²) in [5, 5.41) is 5.66.